The number of carbonyl (C=O) groups excluding carboxylic acids is 1. The maximum atomic E-state index is 11.1. The molecule has 1 N–H and O–H groups in total. The molecule has 17 heavy (non-hydrogen) atoms. The fourth-order valence-electron chi connectivity index (χ4n) is 0.971. The normalized spacial score (nSPS) is 10.2. The summed E-state index contributed by atoms with van der Waals surface area (Å²) in [4.78, 5) is 15.3. The Labute approximate surface area is 104 Å². The van der Waals surface area contributed by atoms with Gasteiger partial charge in [-0.2, -0.15) is 5.26 Å². The van der Waals surface area contributed by atoms with Gasteiger partial charge in [0.15, 0.2) is 5.57 Å². The predicted molar refractivity (Wildman–Crippen MR) is 64.8 cm³/mol. The van der Waals surface area contributed by atoms with E-state index in [1.165, 1.54) is 13.3 Å². The minimum atomic E-state index is -0.711. The van der Waals surface area contributed by atoms with Crippen molar-refractivity contribution in [1.29, 1.82) is 5.26 Å². The first kappa shape index (κ1) is 12.8. The maximum absolute atomic E-state index is 11.1. The van der Waals surface area contributed by atoms with Crippen molar-refractivity contribution in [2.45, 2.75) is 0 Å². The van der Waals surface area contributed by atoms with E-state index in [-0.39, 0.29) is 5.57 Å². The third-order valence-corrected chi connectivity index (χ3v) is 2.17. The van der Waals surface area contributed by atoms with Gasteiger partial charge >= 0.3 is 5.97 Å². The molecule has 0 bridgehead atoms. The van der Waals surface area contributed by atoms with Crippen molar-refractivity contribution in [3.8, 4) is 6.07 Å². The average Bonchev–Trinajstić information content (AvgIpc) is 2.39. The highest BCUT2D eigenvalue weighted by Gasteiger charge is 2.08. The molecule has 1 aromatic heterocycles. The van der Waals surface area contributed by atoms with Crippen LogP contribution in [0.3, 0.4) is 0 Å². The first-order valence-corrected chi connectivity index (χ1v) is 4.99. The van der Waals surface area contributed by atoms with Crippen LogP contribution in [0.2, 0.25) is 0 Å². The number of hydrogen-bond acceptors (Lipinski definition) is 5. The lowest BCUT2D eigenvalue weighted by molar-refractivity contribution is -0.135. The van der Waals surface area contributed by atoms with Crippen LogP contribution in [0.4, 0.5) is 0 Å². The van der Waals surface area contributed by atoms with Crippen molar-refractivity contribution in [3.63, 3.8) is 0 Å². The Morgan fingerprint density at radius 3 is 2.76 bits per heavy atom. The molecule has 5 nitrogen and oxygen atoms in total. The van der Waals surface area contributed by atoms with Gasteiger partial charge in [0.2, 0.25) is 0 Å². The fourth-order valence-corrected chi connectivity index (χ4v) is 1.17. The molecular weight excluding hydrogens is 238 g/mol. The Bertz CT molecular complexity index is 491. The van der Waals surface area contributed by atoms with Gasteiger partial charge < -0.3 is 10.1 Å². The number of rotatable bonds is 3. The SMILES string of the molecule is COC(=O)/C(C#N)=C\NC(=S)c1ccncc1. The Morgan fingerprint density at radius 2 is 2.24 bits per heavy atom. The highest BCUT2D eigenvalue weighted by Crippen LogP contribution is 1.99. The second-order valence-corrected chi connectivity index (χ2v) is 3.28. The number of methoxy groups -OCH3 is 1. The van der Waals surface area contributed by atoms with Crippen molar-refractivity contribution >= 4 is 23.2 Å². The van der Waals surface area contributed by atoms with Crippen LogP contribution < -0.4 is 5.32 Å². The summed E-state index contributed by atoms with van der Waals surface area (Å²) in [6.45, 7) is 0. The van der Waals surface area contributed by atoms with Crippen LogP contribution in [-0.2, 0) is 9.53 Å². The van der Waals surface area contributed by atoms with Crippen LogP contribution in [-0.4, -0.2) is 23.1 Å². The van der Waals surface area contributed by atoms with Crippen molar-refractivity contribution in [2.24, 2.45) is 0 Å². The van der Waals surface area contributed by atoms with Crippen LogP contribution in [0, 0.1) is 11.3 Å². The van der Waals surface area contributed by atoms with Gasteiger partial charge in [0.25, 0.3) is 0 Å². The van der Waals surface area contributed by atoms with Gasteiger partial charge in [-0.3, -0.25) is 4.98 Å². The minimum absolute atomic E-state index is 0.149. The molecule has 0 spiro atoms. The van der Waals surface area contributed by atoms with Gasteiger partial charge in [0.1, 0.15) is 11.1 Å². The number of ether oxygens (including phenoxy) is 1. The van der Waals surface area contributed by atoms with E-state index in [1.807, 2.05) is 0 Å². The molecule has 6 heteroatoms. The van der Waals surface area contributed by atoms with Gasteiger partial charge in [0.05, 0.1) is 7.11 Å². The molecule has 0 radical (unpaired) electrons. The Hall–Kier alpha value is -2.26. The van der Waals surface area contributed by atoms with Gasteiger partial charge in [0, 0.05) is 24.2 Å². The number of pyridine rings is 1. The van der Waals surface area contributed by atoms with E-state index in [9.17, 15) is 4.79 Å². The monoisotopic (exact) mass is 247 g/mol. The summed E-state index contributed by atoms with van der Waals surface area (Å²) >= 11 is 5.06. The van der Waals surface area contributed by atoms with Gasteiger partial charge in [-0.1, -0.05) is 12.2 Å². The zero-order valence-corrected chi connectivity index (χ0v) is 9.82. The summed E-state index contributed by atoms with van der Waals surface area (Å²) in [5.41, 5.74) is 0.595. The molecule has 0 atom stereocenters. The van der Waals surface area contributed by atoms with E-state index >= 15 is 0 Å². The molecule has 1 aromatic rings. The molecule has 0 aliphatic heterocycles. The molecule has 0 aliphatic carbocycles. The number of nitriles is 1. The molecule has 86 valence electrons. The quantitative estimate of drug-likeness (QED) is 0.370. The van der Waals surface area contributed by atoms with Crippen molar-refractivity contribution in [2.75, 3.05) is 7.11 Å². The molecule has 0 aromatic carbocycles. The van der Waals surface area contributed by atoms with Crippen LogP contribution in [0.5, 0.6) is 0 Å². The molecule has 0 saturated carbocycles. The van der Waals surface area contributed by atoms with E-state index in [2.05, 4.69) is 15.0 Å². The summed E-state index contributed by atoms with van der Waals surface area (Å²) in [5.74, 6) is -0.711. The van der Waals surface area contributed by atoms with Gasteiger partial charge in [-0.05, 0) is 12.1 Å². The summed E-state index contributed by atoms with van der Waals surface area (Å²) < 4.78 is 4.42. The number of esters is 1. The number of thiocarbonyl (C=S) groups is 1. The number of nitrogens with one attached hydrogen (secondary N) is 1. The summed E-state index contributed by atoms with van der Waals surface area (Å²) in [6, 6.07) is 5.14. The Kier molecular flexibility index (Phi) is 4.78. The largest absolute Gasteiger partial charge is 0.465 e. The first-order chi connectivity index (χ1) is 8.19. The third kappa shape index (κ3) is 3.66. The molecular formula is C11H9N3O2S. The molecule has 0 aliphatic rings. The number of nitrogens with zero attached hydrogens (tertiary/aromatic N) is 2. The lowest BCUT2D eigenvalue weighted by atomic mass is 10.2. The van der Waals surface area contributed by atoms with Crippen LogP contribution in [0.15, 0.2) is 36.3 Å². The van der Waals surface area contributed by atoms with Crippen molar-refractivity contribution in [1.82, 2.24) is 10.3 Å². The number of aromatic nitrogens is 1. The molecule has 0 saturated heterocycles. The van der Waals surface area contributed by atoms with E-state index in [4.69, 9.17) is 17.5 Å². The predicted octanol–water partition coefficient (Wildman–Crippen LogP) is 0.927. The first-order valence-electron chi connectivity index (χ1n) is 4.58. The van der Waals surface area contributed by atoms with Gasteiger partial charge in [-0.25, -0.2) is 4.79 Å². The maximum Gasteiger partial charge on any atom is 0.350 e. The minimum Gasteiger partial charge on any atom is -0.465 e. The average molecular weight is 247 g/mol. The van der Waals surface area contributed by atoms with Crippen molar-refractivity contribution in [3.05, 3.63) is 41.9 Å². The van der Waals surface area contributed by atoms with E-state index in [0.29, 0.717) is 4.99 Å². The Morgan fingerprint density at radius 1 is 1.59 bits per heavy atom. The number of carbonyl (C=O) groups is 1. The topological polar surface area (TPSA) is 75.0 Å². The van der Waals surface area contributed by atoms with E-state index in [0.717, 1.165) is 5.56 Å². The molecule has 0 fully saturated rings. The van der Waals surface area contributed by atoms with Crippen molar-refractivity contribution < 1.29 is 9.53 Å². The fraction of sp³-hybridized carbons (Fsp3) is 0.0909. The van der Waals surface area contributed by atoms with Crippen LogP contribution in [0.25, 0.3) is 0 Å². The zero-order chi connectivity index (χ0) is 12.7. The Balaban J connectivity index is 2.74. The molecule has 0 amide bonds. The van der Waals surface area contributed by atoms with E-state index in [1.54, 1.807) is 30.6 Å². The number of hydrogen-bond donors (Lipinski definition) is 1. The second-order valence-electron chi connectivity index (χ2n) is 2.87. The molecule has 1 heterocycles. The summed E-state index contributed by atoms with van der Waals surface area (Å²) in [5, 5.41) is 11.4. The highest BCUT2D eigenvalue weighted by molar-refractivity contribution is 7.80. The highest BCUT2D eigenvalue weighted by atomic mass is 32.1. The second kappa shape index (κ2) is 6.35. The lowest BCUT2D eigenvalue weighted by Crippen LogP contribution is -2.18. The lowest BCUT2D eigenvalue weighted by Gasteiger charge is -2.03. The zero-order valence-electron chi connectivity index (χ0n) is 9.01. The van der Waals surface area contributed by atoms with Crippen LogP contribution >= 0.6 is 12.2 Å². The van der Waals surface area contributed by atoms with Gasteiger partial charge in [-0.15, -0.1) is 0 Å². The molecule has 1 rings (SSSR count). The van der Waals surface area contributed by atoms with E-state index < -0.39 is 5.97 Å². The third-order valence-electron chi connectivity index (χ3n) is 1.82. The standard InChI is InChI=1S/C11H9N3O2S/c1-16-11(15)9(6-12)7-14-10(17)8-2-4-13-5-3-8/h2-5,7H,1H3,(H,14,17)/b9-7-. The smallest absolute Gasteiger partial charge is 0.350 e. The summed E-state index contributed by atoms with van der Waals surface area (Å²) in [7, 11) is 1.20. The molecule has 0 unspecified atom stereocenters. The summed E-state index contributed by atoms with van der Waals surface area (Å²) in [6.07, 6.45) is 4.41. The van der Waals surface area contributed by atoms with Crippen LogP contribution in [0.1, 0.15) is 5.56 Å².